The average molecular weight is 403 g/mol. The summed E-state index contributed by atoms with van der Waals surface area (Å²) in [4.78, 5) is 25.8. The summed E-state index contributed by atoms with van der Waals surface area (Å²) in [6, 6.07) is 13.2. The van der Waals surface area contributed by atoms with Crippen molar-refractivity contribution >= 4 is 39.1 Å². The van der Waals surface area contributed by atoms with Crippen LogP contribution in [0.25, 0.3) is 0 Å². The van der Waals surface area contributed by atoms with Crippen LogP contribution in [0.15, 0.2) is 46.9 Å². The van der Waals surface area contributed by atoms with E-state index < -0.39 is 0 Å². The van der Waals surface area contributed by atoms with Gasteiger partial charge in [-0.25, -0.2) is 0 Å². The predicted molar refractivity (Wildman–Crippen MR) is 101 cm³/mol. The lowest BCUT2D eigenvalue weighted by Crippen LogP contribution is -2.27. The summed E-state index contributed by atoms with van der Waals surface area (Å²) in [5.41, 5.74) is 2.51. The lowest BCUT2D eigenvalue weighted by molar-refractivity contribution is -0.117. The topological polar surface area (TPSA) is 58.6 Å². The fourth-order valence-electron chi connectivity index (χ4n) is 2.91. The number of rotatable bonds is 5. The highest BCUT2D eigenvalue weighted by Crippen LogP contribution is 2.38. The minimum absolute atomic E-state index is 0.0241. The van der Waals surface area contributed by atoms with E-state index in [0.29, 0.717) is 18.8 Å². The second kappa shape index (κ2) is 7.70. The van der Waals surface area contributed by atoms with Crippen LogP contribution >= 0.6 is 15.9 Å². The number of amides is 2. The molecule has 0 unspecified atom stereocenters. The Morgan fingerprint density at radius 1 is 1.24 bits per heavy atom. The Hall–Kier alpha value is -2.34. The van der Waals surface area contributed by atoms with Gasteiger partial charge in [0.2, 0.25) is 11.8 Å². The van der Waals surface area contributed by atoms with E-state index in [1.54, 1.807) is 4.90 Å². The van der Waals surface area contributed by atoms with Gasteiger partial charge in [-0.05, 0) is 36.2 Å². The predicted octanol–water partition coefficient (Wildman–Crippen LogP) is 3.77. The first kappa shape index (κ1) is 17.5. The zero-order chi connectivity index (χ0) is 17.8. The molecule has 25 heavy (non-hydrogen) atoms. The number of halogens is 1. The highest BCUT2D eigenvalue weighted by atomic mass is 79.9. The van der Waals surface area contributed by atoms with E-state index in [1.165, 1.54) is 6.92 Å². The second-order valence-electron chi connectivity index (χ2n) is 5.84. The Morgan fingerprint density at radius 3 is 2.72 bits per heavy atom. The number of nitrogens with zero attached hydrogens (tertiary/aromatic N) is 1. The van der Waals surface area contributed by atoms with E-state index in [9.17, 15) is 9.59 Å². The van der Waals surface area contributed by atoms with Gasteiger partial charge in [-0.3, -0.25) is 9.59 Å². The molecule has 0 aromatic heterocycles. The molecule has 3 rings (SSSR count). The Kier molecular flexibility index (Phi) is 5.38. The first-order chi connectivity index (χ1) is 12.0. The number of fused-ring (bicyclic) bond motifs is 1. The van der Waals surface area contributed by atoms with Crippen LogP contribution in [-0.2, 0) is 16.0 Å². The van der Waals surface area contributed by atoms with Crippen molar-refractivity contribution in [1.82, 2.24) is 0 Å². The molecule has 1 aliphatic rings. The maximum absolute atomic E-state index is 12.3. The molecule has 1 heterocycles. The molecule has 5 nitrogen and oxygen atoms in total. The zero-order valence-corrected chi connectivity index (χ0v) is 15.5. The maximum atomic E-state index is 12.3. The molecule has 6 heteroatoms. The number of benzene rings is 2. The molecular formula is C19H19BrN2O3. The molecule has 0 aliphatic carbocycles. The second-order valence-corrected chi connectivity index (χ2v) is 6.76. The van der Waals surface area contributed by atoms with Crippen LogP contribution in [0.1, 0.15) is 18.9 Å². The first-order valence-corrected chi connectivity index (χ1v) is 8.92. The van der Waals surface area contributed by atoms with Gasteiger partial charge < -0.3 is 15.0 Å². The fourth-order valence-corrected chi connectivity index (χ4v) is 3.42. The van der Waals surface area contributed by atoms with Crippen molar-refractivity contribution in [2.24, 2.45) is 0 Å². The molecule has 2 aromatic rings. The summed E-state index contributed by atoms with van der Waals surface area (Å²) < 4.78 is 6.44. The summed E-state index contributed by atoms with van der Waals surface area (Å²) in [7, 11) is 0. The van der Waals surface area contributed by atoms with E-state index >= 15 is 0 Å². The molecule has 0 saturated heterocycles. The lowest BCUT2D eigenvalue weighted by Gasteiger charge is -2.19. The van der Waals surface area contributed by atoms with Gasteiger partial charge >= 0.3 is 0 Å². The minimum atomic E-state index is -0.147. The number of anilines is 2. The summed E-state index contributed by atoms with van der Waals surface area (Å²) >= 11 is 3.47. The zero-order valence-electron chi connectivity index (χ0n) is 13.9. The molecule has 0 bridgehead atoms. The molecular weight excluding hydrogens is 384 g/mol. The van der Waals surface area contributed by atoms with Gasteiger partial charge in [-0.2, -0.15) is 0 Å². The van der Waals surface area contributed by atoms with Crippen LogP contribution in [0.4, 0.5) is 11.4 Å². The Balaban J connectivity index is 1.66. The number of hydrogen-bond acceptors (Lipinski definition) is 3. The van der Waals surface area contributed by atoms with Crippen LogP contribution in [0.5, 0.6) is 5.75 Å². The van der Waals surface area contributed by atoms with E-state index in [2.05, 4.69) is 21.2 Å². The summed E-state index contributed by atoms with van der Waals surface area (Å²) in [5.74, 6) is 0.567. The molecule has 0 saturated carbocycles. The van der Waals surface area contributed by atoms with Crippen LogP contribution in [0.2, 0.25) is 0 Å². The van der Waals surface area contributed by atoms with Crippen molar-refractivity contribution in [3.8, 4) is 5.75 Å². The summed E-state index contributed by atoms with van der Waals surface area (Å²) in [6.45, 7) is 2.47. The van der Waals surface area contributed by atoms with Crippen molar-refractivity contribution in [3.63, 3.8) is 0 Å². The molecule has 0 atom stereocenters. The van der Waals surface area contributed by atoms with Gasteiger partial charge in [0, 0.05) is 17.9 Å². The van der Waals surface area contributed by atoms with Crippen molar-refractivity contribution in [2.45, 2.75) is 19.8 Å². The van der Waals surface area contributed by atoms with Crippen molar-refractivity contribution in [1.29, 1.82) is 0 Å². The van der Waals surface area contributed by atoms with Crippen LogP contribution in [0, 0.1) is 0 Å². The van der Waals surface area contributed by atoms with Crippen LogP contribution < -0.4 is 15.0 Å². The third kappa shape index (κ3) is 4.20. The largest absolute Gasteiger partial charge is 0.493 e. The van der Waals surface area contributed by atoms with Gasteiger partial charge in [0.15, 0.2) is 0 Å². The third-order valence-electron chi connectivity index (χ3n) is 4.02. The normalized spacial score (nSPS) is 12.6. The van der Waals surface area contributed by atoms with E-state index in [-0.39, 0.29) is 18.2 Å². The number of nitrogens with one attached hydrogen (secondary N) is 1. The standard InChI is InChI=1S/C19H19BrN2O3/c1-13(23)22-9-7-14-11-15(20)12-17(19(14)22)21-18(24)8-10-25-16-5-3-2-4-6-16/h2-6,11-12H,7-10H2,1H3,(H,21,24). The number of carbonyl (C=O) groups excluding carboxylic acids is 2. The van der Waals surface area contributed by atoms with Gasteiger partial charge in [0.05, 0.1) is 24.4 Å². The fraction of sp³-hybridized carbons (Fsp3) is 0.263. The summed E-state index contributed by atoms with van der Waals surface area (Å²) in [6.07, 6.45) is 1.02. The first-order valence-electron chi connectivity index (χ1n) is 8.13. The lowest BCUT2D eigenvalue weighted by atomic mass is 10.1. The number of para-hydroxylation sites is 1. The number of ether oxygens (including phenoxy) is 1. The smallest absolute Gasteiger partial charge is 0.227 e. The van der Waals surface area contributed by atoms with Crippen LogP contribution in [0.3, 0.4) is 0 Å². The minimum Gasteiger partial charge on any atom is -0.493 e. The average Bonchev–Trinajstić information content (AvgIpc) is 3.00. The molecule has 0 radical (unpaired) electrons. The highest BCUT2D eigenvalue weighted by molar-refractivity contribution is 9.10. The number of carbonyl (C=O) groups is 2. The number of hydrogen-bond donors (Lipinski definition) is 1. The highest BCUT2D eigenvalue weighted by Gasteiger charge is 2.26. The van der Waals surface area contributed by atoms with E-state index in [4.69, 9.17) is 4.74 Å². The molecule has 2 amide bonds. The van der Waals surface area contributed by atoms with Gasteiger partial charge in [0.25, 0.3) is 0 Å². The maximum Gasteiger partial charge on any atom is 0.227 e. The van der Waals surface area contributed by atoms with E-state index in [0.717, 1.165) is 27.9 Å². The monoisotopic (exact) mass is 402 g/mol. The molecule has 1 N–H and O–H groups in total. The molecule has 0 spiro atoms. The molecule has 2 aromatic carbocycles. The third-order valence-corrected chi connectivity index (χ3v) is 4.48. The Labute approximate surface area is 155 Å². The van der Waals surface area contributed by atoms with Crippen molar-refractivity contribution in [2.75, 3.05) is 23.4 Å². The molecule has 1 aliphatic heterocycles. The SMILES string of the molecule is CC(=O)N1CCc2cc(Br)cc(NC(=O)CCOc3ccccc3)c21. The Bertz CT molecular complexity index is 793. The van der Waals surface area contributed by atoms with Crippen molar-refractivity contribution in [3.05, 3.63) is 52.5 Å². The van der Waals surface area contributed by atoms with Gasteiger partial charge in [-0.1, -0.05) is 34.1 Å². The summed E-state index contributed by atoms with van der Waals surface area (Å²) in [5, 5.41) is 2.91. The molecule has 0 fully saturated rings. The molecule has 130 valence electrons. The Morgan fingerprint density at radius 2 is 2.00 bits per heavy atom. The van der Waals surface area contributed by atoms with Gasteiger partial charge in [-0.15, -0.1) is 0 Å². The quantitative estimate of drug-likeness (QED) is 0.827. The van der Waals surface area contributed by atoms with Gasteiger partial charge in [0.1, 0.15) is 5.75 Å². The van der Waals surface area contributed by atoms with E-state index in [1.807, 2.05) is 42.5 Å². The van der Waals surface area contributed by atoms with Crippen LogP contribution in [-0.4, -0.2) is 25.0 Å². The van der Waals surface area contributed by atoms with Crippen molar-refractivity contribution < 1.29 is 14.3 Å².